The molecular formula is C28H28N3S+. The van der Waals surface area contributed by atoms with Crippen LogP contribution in [0.5, 0.6) is 0 Å². The summed E-state index contributed by atoms with van der Waals surface area (Å²) in [6.45, 7) is 2.25. The number of hydrogen-bond acceptors (Lipinski definition) is 2. The molecule has 1 aliphatic carbocycles. The highest BCUT2D eigenvalue weighted by Crippen LogP contribution is 2.41. The third-order valence-corrected chi connectivity index (χ3v) is 8.14. The predicted octanol–water partition coefficient (Wildman–Crippen LogP) is 7.22. The molecule has 0 bridgehead atoms. The molecule has 0 amide bonds. The summed E-state index contributed by atoms with van der Waals surface area (Å²) in [6.07, 6.45) is 6.53. The van der Waals surface area contributed by atoms with Crippen LogP contribution >= 0.6 is 11.3 Å². The van der Waals surface area contributed by atoms with Crippen LogP contribution in [0.3, 0.4) is 0 Å². The Morgan fingerprint density at radius 3 is 2.47 bits per heavy atom. The van der Waals surface area contributed by atoms with Crippen molar-refractivity contribution in [3.05, 3.63) is 72.3 Å². The molecule has 32 heavy (non-hydrogen) atoms. The third kappa shape index (κ3) is 3.08. The standard InChI is InChI=1S/C28H28N3S/c1-19-17-18-22-26(32-27(29-22)20-11-5-3-6-12-20)25(19)28-30(2)23-15-9-10-16-24(23)31(28)21-13-7-4-8-14-21/h3,5-6,9-12,15-18,21H,4,7-8,13-14H2,1-2H3/q+1. The molecular weight excluding hydrogens is 410 g/mol. The first-order chi connectivity index (χ1) is 15.7. The fourth-order valence-electron chi connectivity index (χ4n) is 5.41. The summed E-state index contributed by atoms with van der Waals surface area (Å²) in [6, 6.07) is 24.4. The zero-order valence-electron chi connectivity index (χ0n) is 18.7. The summed E-state index contributed by atoms with van der Waals surface area (Å²) in [5, 5.41) is 1.09. The lowest BCUT2D eigenvalue weighted by molar-refractivity contribution is -0.634. The molecule has 3 nitrogen and oxygen atoms in total. The number of benzene rings is 3. The van der Waals surface area contributed by atoms with Gasteiger partial charge in [0.2, 0.25) is 0 Å². The molecule has 0 saturated heterocycles. The van der Waals surface area contributed by atoms with E-state index in [1.165, 1.54) is 70.4 Å². The van der Waals surface area contributed by atoms with Gasteiger partial charge in [0.15, 0.2) is 11.0 Å². The van der Waals surface area contributed by atoms with Crippen LogP contribution < -0.4 is 4.57 Å². The minimum Gasteiger partial charge on any atom is -0.236 e. The molecule has 2 aromatic heterocycles. The van der Waals surface area contributed by atoms with Gasteiger partial charge in [-0.15, -0.1) is 11.3 Å². The summed E-state index contributed by atoms with van der Waals surface area (Å²) in [4.78, 5) is 5.04. The SMILES string of the molecule is Cc1ccc2nc(-c3ccccc3)sc2c1-c1n(C2CCCCC2)c2ccccc2[n+]1C. The van der Waals surface area contributed by atoms with Gasteiger partial charge in [-0.25, -0.2) is 14.1 Å². The molecule has 0 N–H and O–H groups in total. The first kappa shape index (κ1) is 19.7. The van der Waals surface area contributed by atoms with Crippen molar-refractivity contribution in [2.45, 2.75) is 45.1 Å². The van der Waals surface area contributed by atoms with E-state index in [1.54, 1.807) is 0 Å². The quantitative estimate of drug-likeness (QED) is 0.272. The van der Waals surface area contributed by atoms with Gasteiger partial charge < -0.3 is 0 Å². The molecule has 2 heterocycles. The highest BCUT2D eigenvalue weighted by atomic mass is 32.1. The Morgan fingerprint density at radius 1 is 0.906 bits per heavy atom. The summed E-state index contributed by atoms with van der Waals surface area (Å²) in [5.74, 6) is 1.32. The Hall–Kier alpha value is -2.98. The van der Waals surface area contributed by atoms with Crippen LogP contribution in [0.25, 0.3) is 43.2 Å². The van der Waals surface area contributed by atoms with Crippen molar-refractivity contribution >= 4 is 32.6 Å². The van der Waals surface area contributed by atoms with Crippen molar-refractivity contribution in [3.8, 4) is 22.0 Å². The Morgan fingerprint density at radius 2 is 1.66 bits per heavy atom. The van der Waals surface area contributed by atoms with E-state index >= 15 is 0 Å². The Kier molecular flexibility index (Phi) is 4.83. The fraction of sp³-hybridized carbons (Fsp3) is 0.286. The third-order valence-electron chi connectivity index (χ3n) is 7.00. The van der Waals surface area contributed by atoms with Gasteiger partial charge in [-0.05, 0) is 56.4 Å². The van der Waals surface area contributed by atoms with Crippen LogP contribution in [0.1, 0.15) is 43.7 Å². The highest BCUT2D eigenvalue weighted by molar-refractivity contribution is 7.22. The second kappa shape index (κ2) is 7.86. The first-order valence-electron chi connectivity index (χ1n) is 11.7. The molecule has 0 aliphatic heterocycles. The van der Waals surface area contributed by atoms with Crippen molar-refractivity contribution in [1.29, 1.82) is 0 Å². The first-order valence-corrected chi connectivity index (χ1v) is 12.5. The van der Waals surface area contributed by atoms with E-state index in [0.29, 0.717) is 6.04 Å². The molecule has 6 rings (SSSR count). The summed E-state index contributed by atoms with van der Waals surface area (Å²) >= 11 is 1.82. The molecule has 4 heteroatoms. The van der Waals surface area contributed by atoms with Gasteiger partial charge in [0.25, 0.3) is 5.82 Å². The number of rotatable bonds is 3. The molecule has 5 aromatic rings. The van der Waals surface area contributed by atoms with Crippen molar-refractivity contribution in [1.82, 2.24) is 9.55 Å². The van der Waals surface area contributed by atoms with Crippen molar-refractivity contribution in [2.75, 3.05) is 0 Å². The van der Waals surface area contributed by atoms with Crippen LogP contribution in [0.15, 0.2) is 66.7 Å². The van der Waals surface area contributed by atoms with Crippen LogP contribution in [0.4, 0.5) is 0 Å². The molecule has 1 fully saturated rings. The molecule has 0 atom stereocenters. The zero-order valence-corrected chi connectivity index (χ0v) is 19.5. The van der Waals surface area contributed by atoms with Crippen LogP contribution in [-0.2, 0) is 7.05 Å². The topological polar surface area (TPSA) is 21.7 Å². The average Bonchev–Trinajstić information content (AvgIpc) is 3.40. The summed E-state index contributed by atoms with van der Waals surface area (Å²) in [5.41, 5.74) is 7.59. The van der Waals surface area contributed by atoms with Crippen LogP contribution in [0, 0.1) is 6.92 Å². The monoisotopic (exact) mass is 438 g/mol. The lowest BCUT2D eigenvalue weighted by atomic mass is 9.94. The maximum absolute atomic E-state index is 5.04. The van der Waals surface area contributed by atoms with E-state index < -0.39 is 0 Å². The molecule has 0 spiro atoms. The van der Waals surface area contributed by atoms with Crippen molar-refractivity contribution < 1.29 is 4.57 Å². The smallest absolute Gasteiger partial charge is 0.236 e. The molecule has 0 radical (unpaired) electrons. The Bertz CT molecular complexity index is 1420. The minimum atomic E-state index is 0.557. The number of para-hydroxylation sites is 2. The minimum absolute atomic E-state index is 0.557. The lowest BCUT2D eigenvalue weighted by Crippen LogP contribution is -2.31. The number of fused-ring (bicyclic) bond motifs is 2. The van der Waals surface area contributed by atoms with Gasteiger partial charge in [-0.1, -0.05) is 55.0 Å². The summed E-state index contributed by atoms with van der Waals surface area (Å²) in [7, 11) is 2.23. The van der Waals surface area contributed by atoms with Gasteiger partial charge in [-0.2, -0.15) is 0 Å². The normalized spacial score (nSPS) is 15.1. The van der Waals surface area contributed by atoms with E-state index in [4.69, 9.17) is 4.98 Å². The van der Waals surface area contributed by atoms with Gasteiger partial charge in [0.05, 0.1) is 22.8 Å². The maximum atomic E-state index is 5.04. The summed E-state index contributed by atoms with van der Waals surface area (Å²) < 4.78 is 6.35. The van der Waals surface area contributed by atoms with Crippen molar-refractivity contribution in [2.24, 2.45) is 7.05 Å². The number of thiazole rings is 1. The zero-order chi connectivity index (χ0) is 21.7. The molecule has 160 valence electrons. The second-order valence-corrected chi connectivity index (χ2v) is 10.0. The molecule has 0 unspecified atom stereocenters. The lowest BCUT2D eigenvalue weighted by Gasteiger charge is -2.21. The van der Waals surface area contributed by atoms with E-state index in [-0.39, 0.29) is 0 Å². The number of hydrogen-bond donors (Lipinski definition) is 0. The van der Waals surface area contributed by atoms with E-state index in [9.17, 15) is 0 Å². The number of nitrogens with zero attached hydrogens (tertiary/aromatic N) is 3. The molecule has 1 saturated carbocycles. The molecule has 3 aromatic carbocycles. The van der Waals surface area contributed by atoms with Gasteiger partial charge in [0.1, 0.15) is 11.0 Å². The number of aromatic nitrogens is 3. The number of aryl methyl sites for hydroxylation is 2. The predicted molar refractivity (Wildman–Crippen MR) is 134 cm³/mol. The fourth-order valence-corrected chi connectivity index (χ4v) is 6.57. The van der Waals surface area contributed by atoms with E-state index in [1.807, 2.05) is 11.3 Å². The molecule has 1 aliphatic rings. The van der Waals surface area contributed by atoms with Gasteiger partial charge in [-0.3, -0.25) is 0 Å². The Balaban J connectivity index is 1.65. The number of imidazole rings is 1. The van der Waals surface area contributed by atoms with Crippen LogP contribution in [-0.4, -0.2) is 9.55 Å². The maximum Gasteiger partial charge on any atom is 0.291 e. The van der Waals surface area contributed by atoms with Crippen LogP contribution in [0.2, 0.25) is 0 Å². The van der Waals surface area contributed by atoms with Gasteiger partial charge >= 0.3 is 0 Å². The largest absolute Gasteiger partial charge is 0.291 e. The van der Waals surface area contributed by atoms with E-state index in [2.05, 4.69) is 89.8 Å². The van der Waals surface area contributed by atoms with Crippen molar-refractivity contribution in [3.63, 3.8) is 0 Å². The van der Waals surface area contributed by atoms with E-state index in [0.717, 1.165) is 10.5 Å². The second-order valence-electron chi connectivity index (χ2n) is 9.02. The Labute approximate surface area is 193 Å². The highest BCUT2D eigenvalue weighted by Gasteiger charge is 2.33. The van der Waals surface area contributed by atoms with Gasteiger partial charge in [0, 0.05) is 5.56 Å². The average molecular weight is 439 g/mol.